The molecule has 0 radical (unpaired) electrons. The number of ether oxygens (including phenoxy) is 1. The van der Waals surface area contributed by atoms with Gasteiger partial charge in [0.25, 0.3) is 0 Å². The predicted octanol–water partition coefficient (Wildman–Crippen LogP) is 2.95. The molecule has 2 saturated heterocycles. The Kier molecular flexibility index (Phi) is 5.49. The van der Waals surface area contributed by atoms with E-state index in [0.717, 1.165) is 57.3 Å². The predicted molar refractivity (Wildman–Crippen MR) is 92.2 cm³/mol. The van der Waals surface area contributed by atoms with Crippen molar-refractivity contribution >= 4 is 17.2 Å². The van der Waals surface area contributed by atoms with Crippen LogP contribution in [0.2, 0.25) is 0 Å². The SMILES string of the molecule is N#CCCN1CCCCC1=Nc1ccccc1N1CCOCC1. The van der Waals surface area contributed by atoms with Crippen LogP contribution >= 0.6 is 0 Å². The van der Waals surface area contributed by atoms with Gasteiger partial charge in [-0.15, -0.1) is 0 Å². The minimum Gasteiger partial charge on any atom is -0.378 e. The summed E-state index contributed by atoms with van der Waals surface area (Å²) in [6.07, 6.45) is 3.93. The summed E-state index contributed by atoms with van der Waals surface area (Å²) >= 11 is 0. The summed E-state index contributed by atoms with van der Waals surface area (Å²) in [5.74, 6) is 1.13. The van der Waals surface area contributed by atoms with Crippen LogP contribution in [0.25, 0.3) is 0 Å². The first-order valence-electron chi connectivity index (χ1n) is 8.49. The molecule has 0 atom stereocenters. The zero-order chi connectivity index (χ0) is 15.9. The molecule has 23 heavy (non-hydrogen) atoms. The number of piperidine rings is 1. The number of hydrogen-bond acceptors (Lipinski definition) is 4. The van der Waals surface area contributed by atoms with Crippen LogP contribution in [0, 0.1) is 11.3 Å². The lowest BCUT2D eigenvalue weighted by molar-refractivity contribution is 0.123. The lowest BCUT2D eigenvalue weighted by Gasteiger charge is -2.32. The minimum atomic E-state index is 0.560. The van der Waals surface area contributed by atoms with E-state index in [4.69, 9.17) is 15.0 Å². The third-order valence-electron chi connectivity index (χ3n) is 4.42. The molecule has 0 spiro atoms. The van der Waals surface area contributed by atoms with Crippen LogP contribution in [-0.2, 0) is 4.74 Å². The zero-order valence-corrected chi connectivity index (χ0v) is 13.6. The summed E-state index contributed by atoms with van der Waals surface area (Å²) in [6.45, 7) is 5.19. The molecule has 5 heteroatoms. The number of hydrogen-bond donors (Lipinski definition) is 0. The Balaban J connectivity index is 1.83. The van der Waals surface area contributed by atoms with E-state index in [0.29, 0.717) is 6.42 Å². The molecule has 1 aromatic rings. The molecule has 122 valence electrons. The highest BCUT2D eigenvalue weighted by atomic mass is 16.5. The van der Waals surface area contributed by atoms with Crippen molar-refractivity contribution in [1.82, 2.24) is 4.90 Å². The highest BCUT2D eigenvalue weighted by Crippen LogP contribution is 2.30. The lowest BCUT2D eigenvalue weighted by Crippen LogP contribution is -2.37. The first-order chi connectivity index (χ1) is 11.4. The van der Waals surface area contributed by atoms with Crippen molar-refractivity contribution in [3.05, 3.63) is 24.3 Å². The second-order valence-corrected chi connectivity index (χ2v) is 5.97. The number of nitrogens with zero attached hydrogens (tertiary/aromatic N) is 4. The van der Waals surface area contributed by atoms with Gasteiger partial charge in [0.15, 0.2) is 0 Å². The van der Waals surface area contributed by atoms with Crippen LogP contribution in [0.5, 0.6) is 0 Å². The lowest BCUT2D eigenvalue weighted by atomic mass is 10.1. The highest BCUT2D eigenvalue weighted by Gasteiger charge is 2.18. The summed E-state index contributed by atoms with van der Waals surface area (Å²) in [6, 6.07) is 10.6. The fourth-order valence-electron chi connectivity index (χ4n) is 3.19. The van der Waals surface area contributed by atoms with Crippen molar-refractivity contribution in [2.45, 2.75) is 25.7 Å². The maximum atomic E-state index is 8.85. The molecule has 0 aliphatic carbocycles. The average molecular weight is 312 g/mol. The van der Waals surface area contributed by atoms with Crippen LogP contribution in [0.1, 0.15) is 25.7 Å². The van der Waals surface area contributed by atoms with Crippen LogP contribution in [-0.4, -0.2) is 50.1 Å². The van der Waals surface area contributed by atoms with E-state index in [1.165, 1.54) is 18.5 Å². The van der Waals surface area contributed by atoms with Crippen molar-refractivity contribution in [3.8, 4) is 6.07 Å². The molecule has 1 aromatic carbocycles. The van der Waals surface area contributed by atoms with Gasteiger partial charge in [0, 0.05) is 32.6 Å². The van der Waals surface area contributed by atoms with Gasteiger partial charge >= 0.3 is 0 Å². The summed E-state index contributed by atoms with van der Waals surface area (Å²) < 4.78 is 5.46. The van der Waals surface area contributed by atoms with Crippen molar-refractivity contribution in [1.29, 1.82) is 5.26 Å². The Morgan fingerprint density at radius 2 is 1.96 bits per heavy atom. The van der Waals surface area contributed by atoms with Gasteiger partial charge in [-0.05, 0) is 25.0 Å². The Labute approximate surface area is 138 Å². The summed E-state index contributed by atoms with van der Waals surface area (Å²) in [4.78, 5) is 9.61. The van der Waals surface area contributed by atoms with E-state index in [2.05, 4.69) is 34.1 Å². The molecule has 0 saturated carbocycles. The number of amidine groups is 1. The zero-order valence-electron chi connectivity index (χ0n) is 13.6. The third kappa shape index (κ3) is 4.02. The number of aliphatic imine (C=N–C) groups is 1. The Morgan fingerprint density at radius 1 is 1.13 bits per heavy atom. The van der Waals surface area contributed by atoms with Gasteiger partial charge in [-0.2, -0.15) is 5.26 Å². The van der Waals surface area contributed by atoms with Gasteiger partial charge in [0.1, 0.15) is 5.84 Å². The number of para-hydroxylation sites is 2. The van der Waals surface area contributed by atoms with E-state index >= 15 is 0 Å². The smallest absolute Gasteiger partial charge is 0.105 e. The van der Waals surface area contributed by atoms with Gasteiger partial charge in [-0.1, -0.05) is 12.1 Å². The summed E-state index contributed by atoms with van der Waals surface area (Å²) in [5, 5.41) is 8.85. The number of anilines is 1. The quantitative estimate of drug-likeness (QED) is 0.858. The highest BCUT2D eigenvalue weighted by molar-refractivity contribution is 5.87. The molecule has 2 aliphatic heterocycles. The van der Waals surface area contributed by atoms with E-state index < -0.39 is 0 Å². The maximum Gasteiger partial charge on any atom is 0.105 e. The van der Waals surface area contributed by atoms with E-state index in [1.54, 1.807) is 0 Å². The minimum absolute atomic E-state index is 0.560. The van der Waals surface area contributed by atoms with Crippen LogP contribution in [0.4, 0.5) is 11.4 Å². The number of morpholine rings is 1. The fourth-order valence-corrected chi connectivity index (χ4v) is 3.19. The second-order valence-electron chi connectivity index (χ2n) is 5.97. The maximum absolute atomic E-state index is 8.85. The second kappa shape index (κ2) is 7.98. The molecule has 3 rings (SSSR count). The molecule has 5 nitrogen and oxygen atoms in total. The van der Waals surface area contributed by atoms with Crippen LogP contribution in [0.15, 0.2) is 29.3 Å². The van der Waals surface area contributed by atoms with Crippen molar-refractivity contribution in [2.75, 3.05) is 44.3 Å². The molecule has 0 N–H and O–H groups in total. The number of nitriles is 1. The monoisotopic (exact) mass is 312 g/mol. The fraction of sp³-hybridized carbons (Fsp3) is 0.556. The Bertz CT molecular complexity index is 587. The Hall–Kier alpha value is -2.06. The molecule has 0 aromatic heterocycles. The molecule has 0 amide bonds. The van der Waals surface area contributed by atoms with Crippen molar-refractivity contribution in [2.24, 2.45) is 4.99 Å². The molecule has 2 heterocycles. The molecular weight excluding hydrogens is 288 g/mol. The molecule has 2 aliphatic rings. The molecule has 0 unspecified atom stereocenters. The third-order valence-corrected chi connectivity index (χ3v) is 4.42. The van der Waals surface area contributed by atoms with Gasteiger partial charge in [0.2, 0.25) is 0 Å². The van der Waals surface area contributed by atoms with Crippen molar-refractivity contribution < 1.29 is 4.74 Å². The summed E-state index contributed by atoms with van der Waals surface area (Å²) in [5.41, 5.74) is 2.22. The molecule has 0 bridgehead atoms. The Morgan fingerprint density at radius 3 is 2.78 bits per heavy atom. The van der Waals surface area contributed by atoms with Crippen LogP contribution in [0.3, 0.4) is 0 Å². The van der Waals surface area contributed by atoms with Gasteiger partial charge in [-0.3, -0.25) is 0 Å². The van der Waals surface area contributed by atoms with E-state index in [-0.39, 0.29) is 0 Å². The number of rotatable bonds is 4. The number of benzene rings is 1. The largest absolute Gasteiger partial charge is 0.378 e. The van der Waals surface area contributed by atoms with Gasteiger partial charge in [0.05, 0.1) is 37.1 Å². The van der Waals surface area contributed by atoms with E-state index in [9.17, 15) is 0 Å². The van der Waals surface area contributed by atoms with E-state index in [1.807, 2.05) is 6.07 Å². The molecular formula is C18H24N4O. The first kappa shape index (κ1) is 15.8. The average Bonchev–Trinajstić information content (AvgIpc) is 2.62. The summed E-state index contributed by atoms with van der Waals surface area (Å²) in [7, 11) is 0. The normalized spacial score (nSPS) is 20.6. The number of likely N-dealkylation sites (tertiary alicyclic amines) is 1. The molecule has 2 fully saturated rings. The van der Waals surface area contributed by atoms with Crippen molar-refractivity contribution in [3.63, 3.8) is 0 Å². The standard InChI is InChI=1S/C18H24N4O/c19-9-5-11-22-10-4-3-8-18(22)20-16-6-1-2-7-17(16)21-12-14-23-15-13-21/h1-2,6-7H,3-5,8,10-15H2. The van der Waals surface area contributed by atoms with Gasteiger partial charge < -0.3 is 14.5 Å². The first-order valence-corrected chi connectivity index (χ1v) is 8.49. The van der Waals surface area contributed by atoms with Gasteiger partial charge in [-0.25, -0.2) is 4.99 Å². The van der Waals surface area contributed by atoms with Crippen LogP contribution < -0.4 is 4.90 Å². The topological polar surface area (TPSA) is 51.9 Å².